The van der Waals surface area contributed by atoms with E-state index in [2.05, 4.69) is 15.4 Å². The lowest BCUT2D eigenvalue weighted by Crippen LogP contribution is -2.41. The Morgan fingerprint density at radius 3 is 3.07 bits per heavy atom. The average molecular weight is 383 g/mol. The van der Waals surface area contributed by atoms with E-state index in [0.717, 1.165) is 0 Å². The van der Waals surface area contributed by atoms with Gasteiger partial charge in [-0.3, -0.25) is 4.79 Å². The lowest BCUT2D eigenvalue weighted by Gasteiger charge is -2.36. The van der Waals surface area contributed by atoms with E-state index in [1.54, 1.807) is 12.3 Å². The minimum absolute atomic E-state index is 0.00360. The van der Waals surface area contributed by atoms with E-state index in [1.807, 2.05) is 11.8 Å². The van der Waals surface area contributed by atoms with Gasteiger partial charge in [0.25, 0.3) is 5.91 Å². The summed E-state index contributed by atoms with van der Waals surface area (Å²) in [6.07, 6.45) is 3.21. The van der Waals surface area contributed by atoms with Gasteiger partial charge in [-0.05, 0) is 25.1 Å². The zero-order valence-electron chi connectivity index (χ0n) is 15.2. The van der Waals surface area contributed by atoms with Crippen molar-refractivity contribution in [3.05, 3.63) is 47.5 Å². The van der Waals surface area contributed by atoms with E-state index in [-0.39, 0.29) is 24.4 Å². The van der Waals surface area contributed by atoms with Crippen LogP contribution in [0.3, 0.4) is 0 Å². The summed E-state index contributed by atoms with van der Waals surface area (Å²) in [5.74, 6) is 1.13. The van der Waals surface area contributed by atoms with Gasteiger partial charge in [0.2, 0.25) is 0 Å². The maximum atomic E-state index is 13.9. The first-order valence-corrected chi connectivity index (χ1v) is 9.07. The van der Waals surface area contributed by atoms with E-state index in [1.165, 1.54) is 22.8 Å². The summed E-state index contributed by atoms with van der Waals surface area (Å²) in [4.78, 5) is 19.3. The molecule has 144 valence electrons. The zero-order chi connectivity index (χ0) is 19.3. The van der Waals surface area contributed by atoms with Gasteiger partial charge < -0.3 is 19.7 Å². The highest BCUT2D eigenvalue weighted by molar-refractivity contribution is 5.99. The summed E-state index contributed by atoms with van der Waals surface area (Å²) in [6, 6.07) is 4.46. The van der Waals surface area contributed by atoms with Crippen molar-refractivity contribution in [1.29, 1.82) is 0 Å². The fourth-order valence-electron chi connectivity index (χ4n) is 3.51. The average Bonchev–Trinajstić information content (AvgIpc) is 3.09. The molecule has 1 atom stereocenters. The molecule has 0 unspecified atom stereocenters. The van der Waals surface area contributed by atoms with Gasteiger partial charge in [-0.1, -0.05) is 0 Å². The fraction of sp³-hybridized carbons (Fsp3) is 0.316. The van der Waals surface area contributed by atoms with Crippen LogP contribution in [0.5, 0.6) is 11.5 Å². The number of rotatable bonds is 0. The number of halogens is 1. The molecule has 2 bridgehead atoms. The summed E-state index contributed by atoms with van der Waals surface area (Å²) in [6.45, 7) is 3.45. The lowest BCUT2D eigenvalue weighted by atomic mass is 10.1. The highest BCUT2D eigenvalue weighted by atomic mass is 19.1. The standard InChI is InChI=1S/C19H18FN5O3/c1-11-10-28-16-9-25-17-14(7-22-25)19(26)21-4-5-27-15-3-2-13(20)6-12(15)8-24(11)18(16)23-17/h2-3,6-7,9,11H,4-5,8,10H2,1H3,(H,21,26)/t11-/m1/s1. The minimum atomic E-state index is -0.331. The molecule has 9 heteroatoms. The molecule has 0 spiro atoms. The van der Waals surface area contributed by atoms with Gasteiger partial charge in [-0.15, -0.1) is 0 Å². The number of fused-ring (bicyclic) bond motifs is 1. The first-order valence-electron chi connectivity index (χ1n) is 9.07. The molecule has 5 rings (SSSR count). The Hall–Kier alpha value is -3.36. The normalized spacial score (nSPS) is 19.0. The van der Waals surface area contributed by atoms with Gasteiger partial charge in [0.1, 0.15) is 30.3 Å². The molecule has 3 aromatic rings. The molecule has 2 aromatic heterocycles. The number of nitrogens with zero attached hydrogens (tertiary/aromatic N) is 4. The molecule has 0 fully saturated rings. The fourth-order valence-corrected chi connectivity index (χ4v) is 3.51. The van der Waals surface area contributed by atoms with Crippen LogP contribution in [0.15, 0.2) is 30.6 Å². The van der Waals surface area contributed by atoms with Crippen LogP contribution in [0, 0.1) is 5.82 Å². The molecule has 1 N–H and O–H groups in total. The van der Waals surface area contributed by atoms with Crippen molar-refractivity contribution in [2.75, 3.05) is 24.7 Å². The zero-order valence-corrected chi connectivity index (χ0v) is 15.2. The quantitative estimate of drug-likeness (QED) is 0.637. The Balaban J connectivity index is 1.69. The van der Waals surface area contributed by atoms with Gasteiger partial charge in [0.15, 0.2) is 17.2 Å². The van der Waals surface area contributed by atoms with Crippen molar-refractivity contribution in [1.82, 2.24) is 19.9 Å². The second-order valence-corrected chi connectivity index (χ2v) is 6.90. The van der Waals surface area contributed by atoms with Crippen molar-refractivity contribution in [3.63, 3.8) is 0 Å². The largest absolute Gasteiger partial charge is 0.491 e. The topological polar surface area (TPSA) is 81.0 Å². The third kappa shape index (κ3) is 2.70. The van der Waals surface area contributed by atoms with E-state index in [0.29, 0.717) is 53.8 Å². The summed E-state index contributed by atoms with van der Waals surface area (Å²) >= 11 is 0. The number of hydrogen-bond acceptors (Lipinski definition) is 6. The third-order valence-electron chi connectivity index (χ3n) is 4.98. The van der Waals surface area contributed by atoms with Gasteiger partial charge >= 0.3 is 0 Å². The first-order chi connectivity index (χ1) is 13.6. The number of amides is 1. The molecule has 1 aromatic carbocycles. The van der Waals surface area contributed by atoms with E-state index >= 15 is 0 Å². The van der Waals surface area contributed by atoms with Crippen LogP contribution in [-0.4, -0.2) is 46.3 Å². The Kier molecular flexibility index (Phi) is 3.81. The maximum Gasteiger partial charge on any atom is 0.256 e. The van der Waals surface area contributed by atoms with E-state index in [4.69, 9.17) is 9.47 Å². The second kappa shape index (κ2) is 6.36. The monoisotopic (exact) mass is 383 g/mol. The van der Waals surface area contributed by atoms with Crippen molar-refractivity contribution in [3.8, 4) is 11.5 Å². The molecule has 0 saturated carbocycles. The smallest absolute Gasteiger partial charge is 0.256 e. The maximum absolute atomic E-state index is 13.9. The Morgan fingerprint density at radius 2 is 2.18 bits per heavy atom. The van der Waals surface area contributed by atoms with Crippen molar-refractivity contribution >= 4 is 17.4 Å². The number of carbonyl (C=O) groups excluding carboxylic acids is 1. The minimum Gasteiger partial charge on any atom is -0.491 e. The van der Waals surface area contributed by atoms with Crippen LogP contribution in [0.2, 0.25) is 0 Å². The van der Waals surface area contributed by atoms with Crippen molar-refractivity contribution in [2.45, 2.75) is 19.5 Å². The summed E-state index contributed by atoms with van der Waals surface area (Å²) in [5.41, 5.74) is 1.53. The Morgan fingerprint density at radius 1 is 1.29 bits per heavy atom. The molecule has 4 heterocycles. The molecule has 2 aliphatic rings. The molecular formula is C19H18FN5O3. The summed E-state index contributed by atoms with van der Waals surface area (Å²) < 4.78 is 27.1. The molecule has 0 radical (unpaired) electrons. The van der Waals surface area contributed by atoms with Crippen LogP contribution in [0.4, 0.5) is 10.2 Å². The van der Waals surface area contributed by atoms with Gasteiger partial charge in [-0.25, -0.2) is 13.9 Å². The highest BCUT2D eigenvalue weighted by Crippen LogP contribution is 2.35. The molecule has 28 heavy (non-hydrogen) atoms. The van der Waals surface area contributed by atoms with Gasteiger partial charge in [-0.2, -0.15) is 5.10 Å². The van der Waals surface area contributed by atoms with Crippen LogP contribution >= 0.6 is 0 Å². The van der Waals surface area contributed by atoms with E-state index < -0.39 is 0 Å². The van der Waals surface area contributed by atoms with Crippen LogP contribution in [0.25, 0.3) is 5.65 Å². The van der Waals surface area contributed by atoms with Crippen LogP contribution in [0.1, 0.15) is 22.8 Å². The molecule has 2 aliphatic heterocycles. The molecule has 8 nitrogen and oxygen atoms in total. The van der Waals surface area contributed by atoms with Crippen molar-refractivity contribution in [2.24, 2.45) is 0 Å². The second-order valence-electron chi connectivity index (χ2n) is 6.90. The Bertz CT molecular complexity index is 1080. The number of anilines is 1. The Labute approximate surface area is 159 Å². The molecule has 0 aliphatic carbocycles. The SMILES string of the molecule is C[C@@H]1COc2cn3ncc4c3nc2N1Cc1cc(F)ccc1OCCNC4=O. The predicted molar refractivity (Wildman–Crippen MR) is 98.4 cm³/mol. The number of carbonyl (C=O) groups is 1. The van der Waals surface area contributed by atoms with Crippen LogP contribution in [-0.2, 0) is 6.54 Å². The van der Waals surface area contributed by atoms with Crippen LogP contribution < -0.4 is 19.7 Å². The predicted octanol–water partition coefficient (Wildman–Crippen LogP) is 1.78. The number of aromatic nitrogens is 3. The third-order valence-corrected chi connectivity index (χ3v) is 4.98. The number of benzene rings is 1. The van der Waals surface area contributed by atoms with Crippen molar-refractivity contribution < 1.29 is 18.7 Å². The van der Waals surface area contributed by atoms with Gasteiger partial charge in [0.05, 0.1) is 25.0 Å². The van der Waals surface area contributed by atoms with Gasteiger partial charge in [0, 0.05) is 12.1 Å². The lowest BCUT2D eigenvalue weighted by molar-refractivity contribution is 0.0948. The molecular weight excluding hydrogens is 365 g/mol. The van der Waals surface area contributed by atoms with E-state index in [9.17, 15) is 9.18 Å². The highest BCUT2D eigenvalue weighted by Gasteiger charge is 2.29. The number of nitrogens with one attached hydrogen (secondary N) is 1. The molecule has 0 saturated heterocycles. The first kappa shape index (κ1) is 16.8. The summed E-state index contributed by atoms with van der Waals surface area (Å²) in [7, 11) is 0. The molecule has 1 amide bonds. The number of hydrogen-bond donors (Lipinski definition) is 1. The summed E-state index contributed by atoms with van der Waals surface area (Å²) in [5, 5.41) is 7.03. The number of ether oxygens (including phenoxy) is 2.